The van der Waals surface area contributed by atoms with Gasteiger partial charge in [0, 0.05) is 39.0 Å². The van der Waals surface area contributed by atoms with Crippen molar-refractivity contribution in [3.05, 3.63) is 53.9 Å². The molecule has 5 nitrogen and oxygen atoms in total. The molecule has 0 bridgehead atoms. The van der Waals surface area contributed by atoms with E-state index in [1.54, 1.807) is 19.4 Å². The lowest BCUT2D eigenvalue weighted by atomic mass is 9.73. The molecule has 130 valence electrons. The molecule has 25 heavy (non-hydrogen) atoms. The van der Waals surface area contributed by atoms with Crippen LogP contribution in [0, 0.1) is 0 Å². The first-order chi connectivity index (χ1) is 12.2. The highest BCUT2D eigenvalue weighted by molar-refractivity contribution is 5.77. The summed E-state index contributed by atoms with van der Waals surface area (Å²) in [6.07, 6.45) is 7.44. The third-order valence-corrected chi connectivity index (χ3v) is 5.88. The van der Waals surface area contributed by atoms with Crippen molar-refractivity contribution in [2.24, 2.45) is 0 Å². The maximum atomic E-state index is 11.9. The van der Waals surface area contributed by atoms with Gasteiger partial charge in [0.25, 0.3) is 0 Å². The molecule has 2 aliphatic rings. The van der Waals surface area contributed by atoms with E-state index in [9.17, 15) is 4.79 Å². The van der Waals surface area contributed by atoms with E-state index in [4.69, 9.17) is 0 Å². The van der Waals surface area contributed by atoms with Gasteiger partial charge < -0.3 is 10.2 Å². The van der Waals surface area contributed by atoms with Crippen LogP contribution < -0.4 is 10.2 Å². The van der Waals surface area contributed by atoms with Crippen molar-refractivity contribution in [2.75, 3.05) is 25.0 Å². The molecule has 2 heterocycles. The molecule has 4 rings (SSSR count). The summed E-state index contributed by atoms with van der Waals surface area (Å²) in [6.45, 7) is 1.93. The van der Waals surface area contributed by atoms with Gasteiger partial charge in [-0.15, -0.1) is 0 Å². The van der Waals surface area contributed by atoms with Crippen LogP contribution in [-0.2, 0) is 10.2 Å². The number of hydrogen-bond donors (Lipinski definition) is 1. The van der Waals surface area contributed by atoms with Crippen LogP contribution in [0.25, 0.3) is 0 Å². The zero-order valence-corrected chi connectivity index (χ0v) is 14.6. The number of nitrogens with one attached hydrogen (secondary N) is 1. The smallest absolute Gasteiger partial charge is 0.225 e. The Labute approximate surface area is 148 Å². The minimum Gasteiger partial charge on any atom is -0.359 e. The van der Waals surface area contributed by atoms with Crippen LogP contribution in [0.5, 0.6) is 0 Å². The number of anilines is 1. The predicted octanol–water partition coefficient (Wildman–Crippen LogP) is 2.64. The predicted molar refractivity (Wildman–Crippen MR) is 97.6 cm³/mol. The van der Waals surface area contributed by atoms with Gasteiger partial charge in [0.1, 0.15) is 0 Å². The van der Waals surface area contributed by atoms with Crippen molar-refractivity contribution in [2.45, 2.75) is 37.0 Å². The van der Waals surface area contributed by atoms with E-state index in [0.717, 1.165) is 38.3 Å². The van der Waals surface area contributed by atoms with Crippen molar-refractivity contribution in [3.63, 3.8) is 0 Å². The van der Waals surface area contributed by atoms with E-state index in [-0.39, 0.29) is 11.3 Å². The number of nitrogens with zero attached hydrogens (tertiary/aromatic N) is 3. The van der Waals surface area contributed by atoms with Gasteiger partial charge in [-0.25, -0.2) is 9.97 Å². The van der Waals surface area contributed by atoms with Crippen LogP contribution in [0.3, 0.4) is 0 Å². The fourth-order valence-electron chi connectivity index (χ4n) is 4.60. The summed E-state index contributed by atoms with van der Waals surface area (Å²) >= 11 is 0. The fraction of sp³-hybridized carbons (Fsp3) is 0.450. The number of aromatic nitrogens is 2. The number of fused-ring (bicyclic) bond motifs is 2. The van der Waals surface area contributed by atoms with Crippen molar-refractivity contribution >= 4 is 11.9 Å². The average Bonchev–Trinajstić information content (AvgIpc) is 2.96. The number of rotatable bonds is 3. The van der Waals surface area contributed by atoms with Crippen LogP contribution in [0.15, 0.2) is 42.7 Å². The molecule has 1 atom stereocenters. The Hall–Kier alpha value is -2.43. The third kappa shape index (κ3) is 2.88. The van der Waals surface area contributed by atoms with E-state index in [2.05, 4.69) is 44.5 Å². The first kappa shape index (κ1) is 16.1. The number of carbonyl (C=O) groups excluding carboxylic acids is 1. The Morgan fingerprint density at radius 2 is 1.92 bits per heavy atom. The molecule has 0 radical (unpaired) electrons. The lowest BCUT2D eigenvalue weighted by molar-refractivity contribution is -0.121. The third-order valence-electron chi connectivity index (χ3n) is 5.88. The van der Waals surface area contributed by atoms with Gasteiger partial charge in [-0.1, -0.05) is 24.3 Å². The Morgan fingerprint density at radius 3 is 2.64 bits per heavy atom. The average molecular weight is 336 g/mol. The summed E-state index contributed by atoms with van der Waals surface area (Å²) in [6, 6.07) is 10.6. The van der Waals surface area contributed by atoms with Gasteiger partial charge in [-0.2, -0.15) is 0 Å². The molecular weight excluding hydrogens is 312 g/mol. The second-order valence-corrected chi connectivity index (χ2v) is 7.18. The first-order valence-electron chi connectivity index (χ1n) is 9.04. The van der Waals surface area contributed by atoms with Gasteiger partial charge >= 0.3 is 0 Å². The Bertz CT molecular complexity index is 753. The van der Waals surface area contributed by atoms with Gasteiger partial charge in [-0.3, -0.25) is 4.79 Å². The highest BCUT2D eigenvalue weighted by Crippen LogP contribution is 2.52. The molecule has 1 N–H and O–H groups in total. The number of hydrogen-bond acceptors (Lipinski definition) is 4. The molecule has 5 heteroatoms. The van der Waals surface area contributed by atoms with Crippen LogP contribution in [0.2, 0.25) is 0 Å². The molecule has 2 aromatic rings. The number of piperidine rings is 1. The standard InChI is InChI=1S/C20H24N4O/c1-21-18(25)13-15-14-20(17-6-3-2-5-16(15)17)7-11-24(12-8-20)19-22-9-4-10-23-19/h2-6,9-10,15H,7-8,11-14H2,1H3,(H,21,25)/t15-/m0/s1. The number of benzene rings is 1. The second-order valence-electron chi connectivity index (χ2n) is 7.18. The van der Waals surface area contributed by atoms with Crippen molar-refractivity contribution in [1.29, 1.82) is 0 Å². The fourth-order valence-corrected chi connectivity index (χ4v) is 4.60. The Kier molecular flexibility index (Phi) is 4.15. The molecule has 1 amide bonds. The largest absolute Gasteiger partial charge is 0.359 e. The minimum absolute atomic E-state index is 0.131. The normalized spacial score (nSPS) is 21.2. The van der Waals surface area contributed by atoms with Crippen molar-refractivity contribution < 1.29 is 4.79 Å². The lowest BCUT2D eigenvalue weighted by Crippen LogP contribution is -2.42. The Balaban J connectivity index is 1.56. The second kappa shape index (κ2) is 6.47. The zero-order chi connectivity index (χ0) is 17.3. The summed E-state index contributed by atoms with van der Waals surface area (Å²) in [5.41, 5.74) is 3.02. The molecule has 1 aliphatic carbocycles. The SMILES string of the molecule is CNC(=O)C[C@H]1CC2(CCN(c3ncccn3)CC2)c2ccccc21. The molecule has 1 spiro atoms. The highest BCUT2D eigenvalue weighted by Gasteiger charge is 2.45. The van der Waals surface area contributed by atoms with Gasteiger partial charge in [-0.05, 0) is 47.8 Å². The maximum absolute atomic E-state index is 11.9. The highest BCUT2D eigenvalue weighted by atomic mass is 16.1. The lowest BCUT2D eigenvalue weighted by Gasteiger charge is -2.40. The summed E-state index contributed by atoms with van der Waals surface area (Å²) in [5.74, 6) is 1.29. The van der Waals surface area contributed by atoms with E-state index in [1.165, 1.54) is 11.1 Å². The van der Waals surface area contributed by atoms with E-state index in [0.29, 0.717) is 12.3 Å². The quantitative estimate of drug-likeness (QED) is 0.936. The molecule has 0 saturated carbocycles. The van der Waals surface area contributed by atoms with Crippen LogP contribution in [0.1, 0.15) is 42.7 Å². The molecule has 1 aromatic carbocycles. The minimum atomic E-state index is 0.131. The van der Waals surface area contributed by atoms with Crippen LogP contribution >= 0.6 is 0 Å². The van der Waals surface area contributed by atoms with Gasteiger partial charge in [0.2, 0.25) is 11.9 Å². The Morgan fingerprint density at radius 1 is 1.20 bits per heavy atom. The summed E-state index contributed by atoms with van der Waals surface area (Å²) in [4.78, 5) is 23.0. The monoisotopic (exact) mass is 336 g/mol. The van der Waals surface area contributed by atoms with Gasteiger partial charge in [0.15, 0.2) is 0 Å². The van der Waals surface area contributed by atoms with Crippen LogP contribution in [0.4, 0.5) is 5.95 Å². The summed E-state index contributed by atoms with van der Waals surface area (Å²) < 4.78 is 0. The molecule has 0 unspecified atom stereocenters. The van der Waals surface area contributed by atoms with E-state index < -0.39 is 0 Å². The van der Waals surface area contributed by atoms with Gasteiger partial charge in [0.05, 0.1) is 0 Å². The van der Waals surface area contributed by atoms with Crippen LogP contribution in [-0.4, -0.2) is 36.0 Å². The molecule has 1 fully saturated rings. The molecular formula is C20H24N4O. The topological polar surface area (TPSA) is 58.1 Å². The molecule has 1 saturated heterocycles. The zero-order valence-electron chi connectivity index (χ0n) is 14.6. The summed E-state index contributed by atoms with van der Waals surface area (Å²) in [7, 11) is 1.72. The van der Waals surface area contributed by atoms with Crippen molar-refractivity contribution in [3.8, 4) is 0 Å². The molecule has 1 aliphatic heterocycles. The number of amides is 1. The summed E-state index contributed by atoms with van der Waals surface area (Å²) in [5, 5.41) is 2.78. The first-order valence-corrected chi connectivity index (χ1v) is 9.04. The van der Waals surface area contributed by atoms with E-state index >= 15 is 0 Å². The van der Waals surface area contributed by atoms with E-state index in [1.807, 2.05) is 6.07 Å². The number of carbonyl (C=O) groups is 1. The molecule has 1 aromatic heterocycles. The maximum Gasteiger partial charge on any atom is 0.225 e. The van der Waals surface area contributed by atoms with Crippen molar-refractivity contribution in [1.82, 2.24) is 15.3 Å².